The lowest BCUT2D eigenvalue weighted by atomic mass is 10.1. The van der Waals surface area contributed by atoms with Gasteiger partial charge in [-0.1, -0.05) is 17.3 Å². The van der Waals surface area contributed by atoms with Gasteiger partial charge in [0.25, 0.3) is 0 Å². The summed E-state index contributed by atoms with van der Waals surface area (Å²) in [5, 5.41) is 12.1. The average Bonchev–Trinajstić information content (AvgIpc) is 3.16. The molecule has 1 aliphatic rings. The van der Waals surface area contributed by atoms with Gasteiger partial charge >= 0.3 is 0 Å². The van der Waals surface area contributed by atoms with Crippen molar-refractivity contribution in [1.29, 1.82) is 0 Å². The number of morpholine rings is 1. The molecule has 1 saturated heterocycles. The molecule has 0 aliphatic carbocycles. The molecule has 3 aromatic rings. The highest BCUT2D eigenvalue weighted by atomic mass is 16.5. The summed E-state index contributed by atoms with van der Waals surface area (Å²) in [5.41, 5.74) is 2.27. The zero-order valence-corrected chi connectivity index (χ0v) is 13.2. The number of aromatic nitrogens is 4. The van der Waals surface area contributed by atoms with E-state index in [1.54, 1.807) is 0 Å². The second-order valence-corrected chi connectivity index (χ2v) is 5.96. The van der Waals surface area contributed by atoms with Crippen molar-refractivity contribution >= 4 is 10.9 Å². The normalized spacial score (nSPS) is 22.7. The van der Waals surface area contributed by atoms with Crippen molar-refractivity contribution in [2.75, 3.05) is 13.2 Å². The highest BCUT2D eigenvalue weighted by Gasteiger charge is 2.34. The van der Waals surface area contributed by atoms with Gasteiger partial charge in [0, 0.05) is 18.5 Å². The molecule has 0 unspecified atom stereocenters. The third kappa shape index (κ3) is 2.73. The first-order valence-electron chi connectivity index (χ1n) is 7.78. The molecule has 1 aromatic carbocycles. The third-order valence-electron chi connectivity index (χ3n) is 4.29. The lowest BCUT2D eigenvalue weighted by Gasteiger charge is -2.37. The Kier molecular flexibility index (Phi) is 3.59. The maximum atomic E-state index is 5.79. The van der Waals surface area contributed by atoms with Gasteiger partial charge in [-0.2, -0.15) is 10.1 Å². The minimum Gasteiger partial charge on any atom is -0.375 e. The monoisotopic (exact) mass is 313 g/mol. The van der Waals surface area contributed by atoms with Crippen molar-refractivity contribution in [3.8, 4) is 0 Å². The molecule has 0 bridgehead atoms. The predicted octanol–water partition coefficient (Wildman–Crippen LogP) is 2.22. The Morgan fingerprint density at radius 3 is 3.13 bits per heavy atom. The van der Waals surface area contributed by atoms with E-state index in [-0.39, 0.29) is 12.1 Å². The number of ether oxygens (including phenoxy) is 1. The molecule has 0 radical (unpaired) electrons. The van der Waals surface area contributed by atoms with E-state index in [4.69, 9.17) is 9.26 Å². The molecule has 1 aliphatic heterocycles. The van der Waals surface area contributed by atoms with Gasteiger partial charge in [-0.15, -0.1) is 0 Å². The van der Waals surface area contributed by atoms with Gasteiger partial charge in [0.2, 0.25) is 5.89 Å². The Balaban J connectivity index is 1.61. The molecule has 120 valence electrons. The van der Waals surface area contributed by atoms with E-state index in [1.807, 2.05) is 13.1 Å². The fourth-order valence-corrected chi connectivity index (χ4v) is 3.17. The summed E-state index contributed by atoms with van der Waals surface area (Å²) in [5.74, 6) is 1.27. The van der Waals surface area contributed by atoms with E-state index in [9.17, 15) is 0 Å². The number of hydrogen-bond acceptors (Lipinski definition) is 6. The van der Waals surface area contributed by atoms with Gasteiger partial charge in [-0.05, 0) is 25.5 Å². The van der Waals surface area contributed by atoms with Crippen LogP contribution in [-0.2, 0) is 11.3 Å². The van der Waals surface area contributed by atoms with Crippen LogP contribution in [0.5, 0.6) is 0 Å². The Labute approximate surface area is 133 Å². The van der Waals surface area contributed by atoms with Crippen molar-refractivity contribution in [1.82, 2.24) is 25.2 Å². The predicted molar refractivity (Wildman–Crippen MR) is 83.7 cm³/mol. The molecule has 0 amide bonds. The Morgan fingerprint density at radius 1 is 1.39 bits per heavy atom. The molecule has 3 heterocycles. The zero-order chi connectivity index (χ0) is 15.8. The first-order chi connectivity index (χ1) is 11.2. The maximum Gasteiger partial charge on any atom is 0.246 e. The van der Waals surface area contributed by atoms with Crippen LogP contribution in [-0.4, -0.2) is 44.5 Å². The minimum absolute atomic E-state index is 0.0134. The Morgan fingerprint density at radius 2 is 2.30 bits per heavy atom. The van der Waals surface area contributed by atoms with Gasteiger partial charge in [0.15, 0.2) is 5.82 Å². The standard InChI is InChI=1S/C16H19N5O2/c1-10-15(16-18-11(2)20-23-16)21(5-6-22-10)9-12-3-4-13-8-17-19-14(13)7-12/h3-4,7-8,10,15H,5-6,9H2,1-2H3,(H,17,19)/t10-,15+/m1/s1. The SMILES string of the molecule is Cc1noc([C@@H]2[C@@H](C)OCCN2Cc2ccc3cn[nH]c3c2)n1. The van der Waals surface area contributed by atoms with Crippen molar-refractivity contribution in [3.05, 3.63) is 41.7 Å². The van der Waals surface area contributed by atoms with E-state index in [0.29, 0.717) is 18.3 Å². The number of H-pyrrole nitrogens is 1. The van der Waals surface area contributed by atoms with Gasteiger partial charge in [-0.25, -0.2) is 0 Å². The fraction of sp³-hybridized carbons (Fsp3) is 0.438. The fourth-order valence-electron chi connectivity index (χ4n) is 3.17. The summed E-state index contributed by atoms with van der Waals surface area (Å²) in [4.78, 5) is 6.73. The van der Waals surface area contributed by atoms with Crippen LogP contribution < -0.4 is 0 Å². The van der Waals surface area contributed by atoms with Crippen LogP contribution in [0.25, 0.3) is 10.9 Å². The number of benzene rings is 1. The van der Waals surface area contributed by atoms with Crippen LogP contribution in [0.2, 0.25) is 0 Å². The molecule has 1 N–H and O–H groups in total. The smallest absolute Gasteiger partial charge is 0.246 e. The number of aryl methyl sites for hydroxylation is 1. The summed E-state index contributed by atoms with van der Waals surface area (Å²) in [6.07, 6.45) is 1.85. The van der Waals surface area contributed by atoms with Crippen LogP contribution >= 0.6 is 0 Å². The molecular weight excluding hydrogens is 294 g/mol. The summed E-state index contributed by atoms with van der Waals surface area (Å²) in [6, 6.07) is 6.33. The molecule has 1 fully saturated rings. The largest absolute Gasteiger partial charge is 0.375 e. The van der Waals surface area contributed by atoms with E-state index < -0.39 is 0 Å². The third-order valence-corrected chi connectivity index (χ3v) is 4.29. The van der Waals surface area contributed by atoms with Crippen molar-refractivity contribution < 1.29 is 9.26 Å². The Hall–Kier alpha value is -2.25. The van der Waals surface area contributed by atoms with Gasteiger partial charge in [0.05, 0.1) is 24.4 Å². The zero-order valence-electron chi connectivity index (χ0n) is 13.2. The van der Waals surface area contributed by atoms with E-state index in [1.165, 1.54) is 5.56 Å². The molecule has 7 nitrogen and oxygen atoms in total. The highest BCUT2D eigenvalue weighted by Crippen LogP contribution is 2.30. The highest BCUT2D eigenvalue weighted by molar-refractivity contribution is 5.78. The lowest BCUT2D eigenvalue weighted by Crippen LogP contribution is -2.43. The molecule has 0 spiro atoms. The first-order valence-corrected chi connectivity index (χ1v) is 7.78. The molecule has 23 heavy (non-hydrogen) atoms. The molecule has 0 saturated carbocycles. The minimum atomic E-state index is -0.0255. The van der Waals surface area contributed by atoms with Crippen LogP contribution in [0.1, 0.15) is 30.2 Å². The number of aromatic amines is 1. The van der Waals surface area contributed by atoms with E-state index >= 15 is 0 Å². The second kappa shape index (κ2) is 5.75. The van der Waals surface area contributed by atoms with Crippen LogP contribution in [0.15, 0.2) is 28.9 Å². The first kappa shape index (κ1) is 14.3. The summed E-state index contributed by atoms with van der Waals surface area (Å²) < 4.78 is 11.2. The molecule has 2 atom stereocenters. The molecule has 7 heteroatoms. The van der Waals surface area contributed by atoms with Crippen molar-refractivity contribution in [2.45, 2.75) is 32.5 Å². The number of nitrogens with zero attached hydrogens (tertiary/aromatic N) is 4. The van der Waals surface area contributed by atoms with Gasteiger partial charge in [0.1, 0.15) is 6.04 Å². The summed E-state index contributed by atoms with van der Waals surface area (Å²) >= 11 is 0. The summed E-state index contributed by atoms with van der Waals surface area (Å²) in [6.45, 7) is 6.22. The van der Waals surface area contributed by atoms with Crippen LogP contribution in [0, 0.1) is 6.92 Å². The van der Waals surface area contributed by atoms with Gasteiger partial charge < -0.3 is 9.26 Å². The van der Waals surface area contributed by atoms with Crippen molar-refractivity contribution in [3.63, 3.8) is 0 Å². The lowest BCUT2D eigenvalue weighted by molar-refractivity contribution is -0.0763. The van der Waals surface area contributed by atoms with E-state index in [0.717, 1.165) is 24.0 Å². The number of nitrogens with one attached hydrogen (secondary N) is 1. The average molecular weight is 313 g/mol. The summed E-state index contributed by atoms with van der Waals surface area (Å²) in [7, 11) is 0. The van der Waals surface area contributed by atoms with E-state index in [2.05, 4.69) is 50.4 Å². The number of fused-ring (bicyclic) bond motifs is 1. The number of hydrogen-bond donors (Lipinski definition) is 1. The maximum absolute atomic E-state index is 5.79. The van der Waals surface area contributed by atoms with Gasteiger partial charge in [-0.3, -0.25) is 10.00 Å². The molecular formula is C16H19N5O2. The van der Waals surface area contributed by atoms with Crippen LogP contribution in [0.4, 0.5) is 0 Å². The van der Waals surface area contributed by atoms with Crippen LogP contribution in [0.3, 0.4) is 0 Å². The quantitative estimate of drug-likeness (QED) is 0.798. The number of rotatable bonds is 3. The van der Waals surface area contributed by atoms with Crippen molar-refractivity contribution in [2.24, 2.45) is 0 Å². The molecule has 4 rings (SSSR count). The second-order valence-electron chi connectivity index (χ2n) is 5.96. The Bertz CT molecular complexity index is 812. The topological polar surface area (TPSA) is 80.1 Å². The molecule has 2 aromatic heterocycles.